The molecule has 0 saturated heterocycles. The van der Waals surface area contributed by atoms with E-state index in [9.17, 15) is 0 Å². The molecule has 1 aliphatic rings. The summed E-state index contributed by atoms with van der Waals surface area (Å²) in [7, 11) is 0. The Bertz CT molecular complexity index is 348. The van der Waals surface area contributed by atoms with Crippen LogP contribution in [0.2, 0.25) is 0 Å². The molecule has 0 amide bonds. The summed E-state index contributed by atoms with van der Waals surface area (Å²) in [5.41, 5.74) is 2.81. The van der Waals surface area contributed by atoms with E-state index >= 15 is 0 Å². The first-order chi connectivity index (χ1) is 6.33. The highest BCUT2D eigenvalue weighted by Crippen LogP contribution is 2.34. The summed E-state index contributed by atoms with van der Waals surface area (Å²) in [6, 6.07) is 10.9. The van der Waals surface area contributed by atoms with Crippen LogP contribution < -0.4 is 0 Å². The molecule has 2 atom stereocenters. The molecule has 0 spiro atoms. The molecule has 2 unspecified atom stereocenters. The molecule has 0 radical (unpaired) electrons. The Kier molecular flexibility index (Phi) is 2.06. The monoisotopic (exact) mass is 171 g/mol. The fraction of sp³-hybridized carbons (Fsp3) is 0.417. The number of aryl methyl sites for hydroxylation is 1. The first-order valence-electron chi connectivity index (χ1n) is 4.80. The SMILES string of the molecule is CC1c2ccccc2CCC1C#N. The maximum atomic E-state index is 8.94. The van der Waals surface area contributed by atoms with Crippen molar-refractivity contribution in [2.24, 2.45) is 5.92 Å². The fourth-order valence-electron chi connectivity index (χ4n) is 2.16. The number of hydrogen-bond acceptors (Lipinski definition) is 1. The summed E-state index contributed by atoms with van der Waals surface area (Å²) in [5.74, 6) is 0.629. The van der Waals surface area contributed by atoms with Crippen LogP contribution in [0, 0.1) is 17.2 Å². The van der Waals surface area contributed by atoms with Gasteiger partial charge in [-0.1, -0.05) is 31.2 Å². The number of nitrogens with zero attached hydrogens (tertiary/aromatic N) is 1. The number of rotatable bonds is 0. The van der Waals surface area contributed by atoms with Crippen LogP contribution in [0.1, 0.15) is 30.4 Å². The second kappa shape index (κ2) is 3.22. The van der Waals surface area contributed by atoms with Crippen LogP contribution in [-0.4, -0.2) is 0 Å². The molecule has 2 rings (SSSR count). The number of hydrogen-bond donors (Lipinski definition) is 0. The fourth-order valence-corrected chi connectivity index (χ4v) is 2.16. The smallest absolute Gasteiger partial charge is 0.0662 e. The van der Waals surface area contributed by atoms with E-state index in [-0.39, 0.29) is 5.92 Å². The lowest BCUT2D eigenvalue weighted by Gasteiger charge is -2.26. The second-order valence-corrected chi connectivity index (χ2v) is 3.76. The highest BCUT2D eigenvalue weighted by Gasteiger charge is 2.25. The molecular weight excluding hydrogens is 158 g/mol. The van der Waals surface area contributed by atoms with Crippen molar-refractivity contribution in [2.45, 2.75) is 25.7 Å². The molecule has 1 nitrogen and oxygen atoms in total. The van der Waals surface area contributed by atoms with Crippen molar-refractivity contribution < 1.29 is 0 Å². The zero-order valence-corrected chi connectivity index (χ0v) is 7.83. The highest BCUT2D eigenvalue weighted by atomic mass is 14.3. The summed E-state index contributed by atoms with van der Waals surface area (Å²) in [5, 5.41) is 8.94. The van der Waals surface area contributed by atoms with E-state index in [1.807, 2.05) is 0 Å². The van der Waals surface area contributed by atoms with E-state index in [1.165, 1.54) is 11.1 Å². The zero-order chi connectivity index (χ0) is 9.26. The molecule has 0 aromatic heterocycles. The number of nitriles is 1. The summed E-state index contributed by atoms with van der Waals surface area (Å²) < 4.78 is 0. The second-order valence-electron chi connectivity index (χ2n) is 3.76. The molecule has 0 fully saturated rings. The summed E-state index contributed by atoms with van der Waals surface area (Å²) in [6.45, 7) is 2.16. The van der Waals surface area contributed by atoms with Gasteiger partial charge in [0.15, 0.2) is 0 Å². The Balaban J connectivity index is 2.40. The van der Waals surface area contributed by atoms with Gasteiger partial charge < -0.3 is 0 Å². The maximum absolute atomic E-state index is 8.94. The Morgan fingerprint density at radius 2 is 2.15 bits per heavy atom. The van der Waals surface area contributed by atoms with Crippen LogP contribution in [0.4, 0.5) is 0 Å². The molecule has 1 aliphatic carbocycles. The van der Waals surface area contributed by atoms with Crippen molar-refractivity contribution in [1.29, 1.82) is 5.26 Å². The van der Waals surface area contributed by atoms with Gasteiger partial charge in [-0.2, -0.15) is 5.26 Å². The van der Waals surface area contributed by atoms with Crippen molar-refractivity contribution >= 4 is 0 Å². The van der Waals surface area contributed by atoms with E-state index in [0.717, 1.165) is 12.8 Å². The summed E-state index contributed by atoms with van der Waals surface area (Å²) in [4.78, 5) is 0. The molecular formula is C12H13N. The third-order valence-corrected chi connectivity index (χ3v) is 3.04. The predicted octanol–water partition coefficient (Wildman–Crippen LogP) is 2.88. The average Bonchev–Trinajstić information content (AvgIpc) is 2.19. The molecule has 1 heteroatoms. The number of benzene rings is 1. The first-order valence-corrected chi connectivity index (χ1v) is 4.80. The number of fused-ring (bicyclic) bond motifs is 1. The third-order valence-electron chi connectivity index (χ3n) is 3.04. The lowest BCUT2D eigenvalue weighted by atomic mass is 9.77. The molecule has 1 aromatic rings. The average molecular weight is 171 g/mol. The summed E-state index contributed by atoms with van der Waals surface area (Å²) >= 11 is 0. The Morgan fingerprint density at radius 3 is 2.92 bits per heavy atom. The summed E-state index contributed by atoms with van der Waals surface area (Å²) in [6.07, 6.45) is 2.09. The minimum Gasteiger partial charge on any atom is -0.198 e. The topological polar surface area (TPSA) is 23.8 Å². The first kappa shape index (κ1) is 8.31. The standard InChI is InChI=1S/C12H13N/c1-9-11(8-13)7-6-10-4-2-3-5-12(9)10/h2-5,9,11H,6-7H2,1H3. The van der Waals surface area contributed by atoms with E-state index < -0.39 is 0 Å². The Labute approximate surface area is 79.0 Å². The van der Waals surface area contributed by atoms with Crippen molar-refractivity contribution in [2.75, 3.05) is 0 Å². The normalized spacial score (nSPS) is 26.2. The highest BCUT2D eigenvalue weighted by molar-refractivity contribution is 5.34. The van der Waals surface area contributed by atoms with Crippen LogP contribution in [0.3, 0.4) is 0 Å². The molecule has 0 saturated carbocycles. The van der Waals surface area contributed by atoms with Gasteiger partial charge in [0.1, 0.15) is 0 Å². The molecule has 0 heterocycles. The van der Waals surface area contributed by atoms with Crippen LogP contribution in [0.5, 0.6) is 0 Å². The van der Waals surface area contributed by atoms with Crippen molar-refractivity contribution in [3.63, 3.8) is 0 Å². The zero-order valence-electron chi connectivity index (χ0n) is 7.83. The van der Waals surface area contributed by atoms with Gasteiger partial charge in [0.05, 0.1) is 12.0 Å². The van der Waals surface area contributed by atoms with Gasteiger partial charge in [0, 0.05) is 0 Å². The largest absolute Gasteiger partial charge is 0.198 e. The van der Waals surface area contributed by atoms with E-state index in [4.69, 9.17) is 5.26 Å². The van der Waals surface area contributed by atoms with Gasteiger partial charge in [-0.05, 0) is 29.9 Å². The van der Waals surface area contributed by atoms with Crippen LogP contribution in [-0.2, 0) is 6.42 Å². The van der Waals surface area contributed by atoms with Crippen LogP contribution >= 0.6 is 0 Å². The predicted molar refractivity (Wildman–Crippen MR) is 52.3 cm³/mol. The van der Waals surface area contributed by atoms with Crippen LogP contribution in [0.25, 0.3) is 0 Å². The molecule has 0 aliphatic heterocycles. The lowest BCUT2D eigenvalue weighted by molar-refractivity contribution is 0.481. The van der Waals surface area contributed by atoms with Crippen molar-refractivity contribution in [1.82, 2.24) is 0 Å². The molecule has 66 valence electrons. The lowest BCUT2D eigenvalue weighted by Crippen LogP contribution is -2.16. The molecule has 1 aromatic carbocycles. The molecule has 0 bridgehead atoms. The molecule has 13 heavy (non-hydrogen) atoms. The van der Waals surface area contributed by atoms with E-state index in [2.05, 4.69) is 37.3 Å². The van der Waals surface area contributed by atoms with E-state index in [0.29, 0.717) is 5.92 Å². The van der Waals surface area contributed by atoms with Gasteiger partial charge in [-0.15, -0.1) is 0 Å². The van der Waals surface area contributed by atoms with Gasteiger partial charge in [-0.3, -0.25) is 0 Å². The van der Waals surface area contributed by atoms with E-state index in [1.54, 1.807) is 0 Å². The minimum absolute atomic E-state index is 0.217. The minimum atomic E-state index is 0.217. The Morgan fingerprint density at radius 1 is 1.38 bits per heavy atom. The maximum Gasteiger partial charge on any atom is 0.0662 e. The van der Waals surface area contributed by atoms with Gasteiger partial charge in [0.25, 0.3) is 0 Å². The Hall–Kier alpha value is -1.29. The van der Waals surface area contributed by atoms with Crippen molar-refractivity contribution in [3.8, 4) is 6.07 Å². The third kappa shape index (κ3) is 1.33. The van der Waals surface area contributed by atoms with Crippen molar-refractivity contribution in [3.05, 3.63) is 35.4 Å². The molecule has 0 N–H and O–H groups in total. The van der Waals surface area contributed by atoms with Crippen LogP contribution in [0.15, 0.2) is 24.3 Å². The van der Waals surface area contributed by atoms with Gasteiger partial charge >= 0.3 is 0 Å². The van der Waals surface area contributed by atoms with Gasteiger partial charge in [0.2, 0.25) is 0 Å². The van der Waals surface area contributed by atoms with Gasteiger partial charge in [-0.25, -0.2) is 0 Å². The quantitative estimate of drug-likeness (QED) is 0.588.